The standard InChI is InChI=1S/C18H20N6OS2/c1-11-7-8-13(9-12(11)2)24-18(21-22-23-24)26-10-16(25)20-17-19-14-5-3-4-6-15(14)27-17/h7-9H,3-6,10H2,1-2H3,(H,19,20,25). The normalized spacial score (nSPS) is 13.4. The molecule has 0 radical (unpaired) electrons. The number of fused-ring (bicyclic) bond motifs is 1. The number of rotatable bonds is 5. The van der Waals surface area contributed by atoms with Gasteiger partial charge in [0.1, 0.15) is 0 Å². The molecule has 1 aromatic carbocycles. The molecule has 27 heavy (non-hydrogen) atoms. The molecule has 3 aromatic rings. The van der Waals surface area contributed by atoms with Gasteiger partial charge in [0.15, 0.2) is 5.13 Å². The fourth-order valence-electron chi connectivity index (χ4n) is 2.98. The van der Waals surface area contributed by atoms with E-state index in [0.29, 0.717) is 10.3 Å². The first-order valence-electron chi connectivity index (χ1n) is 8.87. The summed E-state index contributed by atoms with van der Waals surface area (Å²) in [4.78, 5) is 18.2. The third-order valence-electron chi connectivity index (χ3n) is 4.60. The molecule has 0 fully saturated rings. The van der Waals surface area contributed by atoms with Crippen molar-refractivity contribution in [3.8, 4) is 5.69 Å². The number of tetrazole rings is 1. The first-order valence-corrected chi connectivity index (χ1v) is 10.7. The second-order valence-electron chi connectivity index (χ2n) is 6.57. The summed E-state index contributed by atoms with van der Waals surface area (Å²) in [6.07, 6.45) is 4.48. The van der Waals surface area contributed by atoms with Gasteiger partial charge in [-0.3, -0.25) is 4.79 Å². The molecule has 0 atom stereocenters. The average Bonchev–Trinajstić information content (AvgIpc) is 3.28. The molecule has 7 nitrogen and oxygen atoms in total. The van der Waals surface area contributed by atoms with Gasteiger partial charge in [-0.05, 0) is 73.2 Å². The van der Waals surface area contributed by atoms with Gasteiger partial charge in [-0.25, -0.2) is 4.98 Å². The van der Waals surface area contributed by atoms with Crippen LogP contribution in [-0.2, 0) is 17.6 Å². The monoisotopic (exact) mass is 400 g/mol. The minimum Gasteiger partial charge on any atom is -0.301 e. The summed E-state index contributed by atoms with van der Waals surface area (Å²) in [5.74, 6) is 0.135. The minimum atomic E-state index is -0.0965. The van der Waals surface area contributed by atoms with E-state index in [-0.39, 0.29) is 11.7 Å². The number of thiazole rings is 1. The van der Waals surface area contributed by atoms with Crippen molar-refractivity contribution in [2.45, 2.75) is 44.7 Å². The summed E-state index contributed by atoms with van der Waals surface area (Å²) < 4.78 is 1.66. The van der Waals surface area contributed by atoms with Crippen LogP contribution in [-0.4, -0.2) is 36.9 Å². The van der Waals surface area contributed by atoms with E-state index in [1.807, 2.05) is 18.2 Å². The fraction of sp³-hybridized carbons (Fsp3) is 0.389. The van der Waals surface area contributed by atoms with Gasteiger partial charge in [0.25, 0.3) is 0 Å². The van der Waals surface area contributed by atoms with Crippen molar-refractivity contribution in [2.24, 2.45) is 0 Å². The van der Waals surface area contributed by atoms with Crippen LogP contribution in [0.5, 0.6) is 0 Å². The Kier molecular flexibility index (Phi) is 5.22. The SMILES string of the molecule is Cc1ccc(-n2nnnc2SCC(=O)Nc2nc3c(s2)CCCC3)cc1C. The number of benzene rings is 1. The Bertz CT molecular complexity index is 957. The van der Waals surface area contributed by atoms with E-state index in [1.54, 1.807) is 16.0 Å². The predicted molar refractivity (Wildman–Crippen MR) is 107 cm³/mol. The van der Waals surface area contributed by atoms with Gasteiger partial charge in [0.05, 0.1) is 17.1 Å². The predicted octanol–water partition coefficient (Wildman–Crippen LogP) is 3.35. The smallest absolute Gasteiger partial charge is 0.236 e. The third-order valence-corrected chi connectivity index (χ3v) is 6.59. The van der Waals surface area contributed by atoms with Crippen molar-refractivity contribution in [2.75, 3.05) is 11.1 Å². The molecule has 1 aliphatic carbocycles. The Morgan fingerprint density at radius 2 is 2.11 bits per heavy atom. The lowest BCUT2D eigenvalue weighted by Gasteiger charge is -2.07. The zero-order chi connectivity index (χ0) is 18.8. The second kappa shape index (κ2) is 7.77. The summed E-state index contributed by atoms with van der Waals surface area (Å²) in [6, 6.07) is 6.05. The Morgan fingerprint density at radius 1 is 1.26 bits per heavy atom. The molecule has 0 unspecified atom stereocenters. The average molecular weight is 401 g/mol. The highest BCUT2D eigenvalue weighted by atomic mass is 32.2. The van der Waals surface area contributed by atoms with E-state index in [9.17, 15) is 4.79 Å². The van der Waals surface area contributed by atoms with Gasteiger partial charge in [-0.2, -0.15) is 4.68 Å². The van der Waals surface area contributed by atoms with Crippen molar-refractivity contribution in [3.63, 3.8) is 0 Å². The maximum atomic E-state index is 12.3. The highest BCUT2D eigenvalue weighted by molar-refractivity contribution is 7.99. The lowest BCUT2D eigenvalue weighted by Crippen LogP contribution is -2.14. The number of nitrogens with one attached hydrogen (secondary N) is 1. The molecule has 0 saturated heterocycles. The number of carbonyl (C=O) groups excluding carboxylic acids is 1. The van der Waals surface area contributed by atoms with Crippen LogP contribution in [0.2, 0.25) is 0 Å². The first-order chi connectivity index (χ1) is 13.1. The molecule has 1 aliphatic rings. The summed E-state index contributed by atoms with van der Waals surface area (Å²) in [7, 11) is 0. The fourth-order valence-corrected chi connectivity index (χ4v) is 4.74. The topological polar surface area (TPSA) is 85.6 Å². The number of hydrogen-bond acceptors (Lipinski definition) is 7. The summed E-state index contributed by atoms with van der Waals surface area (Å²) >= 11 is 2.90. The Labute approximate surface area is 165 Å². The van der Waals surface area contributed by atoms with Crippen LogP contribution >= 0.6 is 23.1 Å². The molecule has 0 spiro atoms. The number of aromatic nitrogens is 5. The zero-order valence-corrected chi connectivity index (χ0v) is 16.9. The van der Waals surface area contributed by atoms with E-state index in [1.165, 1.54) is 40.6 Å². The minimum absolute atomic E-state index is 0.0965. The molecule has 0 aliphatic heterocycles. The van der Waals surface area contributed by atoms with Crippen molar-refractivity contribution in [1.82, 2.24) is 25.2 Å². The van der Waals surface area contributed by atoms with E-state index >= 15 is 0 Å². The molecular formula is C18H20N6OS2. The van der Waals surface area contributed by atoms with Gasteiger partial charge in [-0.15, -0.1) is 16.4 Å². The van der Waals surface area contributed by atoms with Crippen LogP contribution in [0, 0.1) is 13.8 Å². The number of nitrogens with zero attached hydrogens (tertiary/aromatic N) is 5. The molecule has 1 N–H and O–H groups in total. The van der Waals surface area contributed by atoms with Crippen LogP contribution in [0.15, 0.2) is 23.4 Å². The van der Waals surface area contributed by atoms with Crippen molar-refractivity contribution in [3.05, 3.63) is 39.9 Å². The van der Waals surface area contributed by atoms with Gasteiger partial charge >= 0.3 is 0 Å². The molecule has 9 heteroatoms. The van der Waals surface area contributed by atoms with Crippen LogP contribution in [0.3, 0.4) is 0 Å². The number of hydrogen-bond donors (Lipinski definition) is 1. The van der Waals surface area contributed by atoms with E-state index in [2.05, 4.69) is 39.7 Å². The van der Waals surface area contributed by atoms with Crippen LogP contribution < -0.4 is 5.32 Å². The maximum Gasteiger partial charge on any atom is 0.236 e. The van der Waals surface area contributed by atoms with E-state index in [4.69, 9.17) is 0 Å². The highest BCUT2D eigenvalue weighted by Crippen LogP contribution is 2.29. The van der Waals surface area contributed by atoms with Gasteiger partial charge in [0.2, 0.25) is 11.1 Å². The summed E-state index contributed by atoms with van der Waals surface area (Å²) in [5.41, 5.74) is 4.42. The Morgan fingerprint density at radius 3 is 2.93 bits per heavy atom. The van der Waals surface area contributed by atoms with Gasteiger partial charge in [0, 0.05) is 4.88 Å². The lowest BCUT2D eigenvalue weighted by molar-refractivity contribution is -0.113. The number of thioether (sulfide) groups is 1. The zero-order valence-electron chi connectivity index (χ0n) is 15.2. The van der Waals surface area contributed by atoms with Crippen molar-refractivity contribution >= 4 is 34.1 Å². The Hall–Kier alpha value is -2.26. The largest absolute Gasteiger partial charge is 0.301 e. The number of aryl methyl sites for hydroxylation is 4. The summed E-state index contributed by atoms with van der Waals surface area (Å²) in [6.45, 7) is 4.12. The van der Waals surface area contributed by atoms with Crippen LogP contribution in [0.4, 0.5) is 5.13 Å². The molecule has 2 aromatic heterocycles. The second-order valence-corrected chi connectivity index (χ2v) is 8.60. The van der Waals surface area contributed by atoms with Gasteiger partial charge in [-0.1, -0.05) is 17.8 Å². The number of amides is 1. The molecule has 2 heterocycles. The van der Waals surface area contributed by atoms with Crippen LogP contribution in [0.1, 0.15) is 34.5 Å². The Balaban J connectivity index is 1.40. The maximum absolute atomic E-state index is 12.3. The van der Waals surface area contributed by atoms with E-state index in [0.717, 1.165) is 24.2 Å². The molecular weight excluding hydrogens is 380 g/mol. The lowest BCUT2D eigenvalue weighted by atomic mass is 10.0. The molecule has 1 amide bonds. The van der Waals surface area contributed by atoms with Crippen molar-refractivity contribution < 1.29 is 4.79 Å². The third kappa shape index (κ3) is 4.03. The number of carbonyl (C=O) groups is 1. The van der Waals surface area contributed by atoms with E-state index < -0.39 is 0 Å². The number of anilines is 1. The highest BCUT2D eigenvalue weighted by Gasteiger charge is 2.17. The quantitative estimate of drug-likeness (QED) is 0.661. The first kappa shape index (κ1) is 18.1. The molecule has 4 rings (SSSR count). The van der Waals surface area contributed by atoms with Crippen LogP contribution in [0.25, 0.3) is 5.69 Å². The van der Waals surface area contributed by atoms with Gasteiger partial charge < -0.3 is 5.32 Å². The molecule has 0 bridgehead atoms. The summed E-state index contributed by atoms with van der Waals surface area (Å²) in [5, 5.41) is 16.1. The molecule has 0 saturated carbocycles. The molecule has 140 valence electrons. The van der Waals surface area contributed by atoms with Crippen molar-refractivity contribution in [1.29, 1.82) is 0 Å².